The van der Waals surface area contributed by atoms with Gasteiger partial charge < -0.3 is 19.2 Å². The second kappa shape index (κ2) is 8.87. The molecule has 1 amide bonds. The van der Waals surface area contributed by atoms with Crippen LogP contribution in [0.25, 0.3) is 0 Å². The van der Waals surface area contributed by atoms with Crippen molar-refractivity contribution in [3.63, 3.8) is 0 Å². The summed E-state index contributed by atoms with van der Waals surface area (Å²) in [6, 6.07) is 3.21. The summed E-state index contributed by atoms with van der Waals surface area (Å²) in [6.07, 6.45) is -4.82. The van der Waals surface area contributed by atoms with E-state index in [9.17, 15) is 23.1 Å². The molecule has 6 nitrogen and oxygen atoms in total. The van der Waals surface area contributed by atoms with E-state index in [-0.39, 0.29) is 17.9 Å². The highest BCUT2D eigenvalue weighted by molar-refractivity contribution is 6.76. The molecule has 1 fully saturated rings. The van der Waals surface area contributed by atoms with Gasteiger partial charge in [-0.25, -0.2) is 0 Å². The Kier molecular flexibility index (Phi) is 7.14. The van der Waals surface area contributed by atoms with Crippen molar-refractivity contribution in [1.29, 1.82) is 0 Å². The lowest BCUT2D eigenvalue weighted by atomic mass is 9.74. The first-order valence-electron chi connectivity index (χ1n) is 12.0. The summed E-state index contributed by atoms with van der Waals surface area (Å²) in [4.78, 5) is 14.5. The summed E-state index contributed by atoms with van der Waals surface area (Å²) in [5.41, 5.74) is -5.28. The van der Waals surface area contributed by atoms with E-state index in [2.05, 4.69) is 19.6 Å². The number of nitrogens with zero attached hydrogens (tertiary/aromatic N) is 1. The molecule has 1 unspecified atom stereocenters. The maximum Gasteiger partial charge on any atom is 0.494 e. The highest BCUT2D eigenvalue weighted by atomic mass is 28.3. The molecule has 0 aromatic heterocycles. The number of aliphatic hydroxyl groups is 1. The topological polar surface area (TPSA) is 68.2 Å². The zero-order chi connectivity index (χ0) is 26.8. The first kappa shape index (κ1) is 28.2. The summed E-state index contributed by atoms with van der Waals surface area (Å²) >= 11 is 0. The molecule has 0 bridgehead atoms. The molecule has 11 heteroatoms. The molecule has 0 spiro atoms. The first-order chi connectivity index (χ1) is 15.7. The van der Waals surface area contributed by atoms with Crippen LogP contribution < -0.4 is 10.4 Å². The third-order valence-electron chi connectivity index (χ3n) is 7.27. The number of anilines is 1. The highest BCUT2D eigenvalue weighted by Crippen LogP contribution is 2.50. The SMILES string of the molecule is CC(C)C1(O)C(=O)N(COCC[Si](C)(C)C)c2cc(B3OC(C)(C)C(C)(C)O3)cc(C(F)(F)F)c21. The maximum absolute atomic E-state index is 14.4. The Morgan fingerprint density at radius 1 is 1.11 bits per heavy atom. The van der Waals surface area contributed by atoms with Gasteiger partial charge in [-0.05, 0) is 57.3 Å². The molecule has 2 aliphatic heterocycles. The minimum absolute atomic E-state index is 0.0289. The van der Waals surface area contributed by atoms with Crippen LogP contribution in [-0.4, -0.2) is 50.7 Å². The average molecular weight is 515 g/mol. The van der Waals surface area contributed by atoms with Crippen molar-refractivity contribution in [1.82, 2.24) is 0 Å². The Balaban J connectivity index is 2.12. The Labute approximate surface area is 207 Å². The van der Waals surface area contributed by atoms with E-state index in [0.29, 0.717) is 6.61 Å². The molecule has 1 atom stereocenters. The number of rotatable bonds is 7. The third-order valence-corrected chi connectivity index (χ3v) is 8.97. The molecule has 35 heavy (non-hydrogen) atoms. The third kappa shape index (κ3) is 5.07. The lowest BCUT2D eigenvalue weighted by molar-refractivity contribution is -0.148. The lowest BCUT2D eigenvalue weighted by Crippen LogP contribution is -2.45. The average Bonchev–Trinajstić information content (AvgIpc) is 3.04. The van der Waals surface area contributed by atoms with Crippen molar-refractivity contribution >= 4 is 32.2 Å². The predicted molar refractivity (Wildman–Crippen MR) is 132 cm³/mol. The molecule has 0 saturated carbocycles. The van der Waals surface area contributed by atoms with Crippen molar-refractivity contribution in [3.8, 4) is 0 Å². The molecule has 196 valence electrons. The van der Waals surface area contributed by atoms with Crippen molar-refractivity contribution in [2.24, 2.45) is 5.92 Å². The van der Waals surface area contributed by atoms with Gasteiger partial charge in [-0.1, -0.05) is 33.5 Å². The number of carbonyl (C=O) groups is 1. The van der Waals surface area contributed by atoms with E-state index in [0.717, 1.165) is 17.0 Å². The van der Waals surface area contributed by atoms with E-state index in [1.807, 2.05) is 27.7 Å². The fourth-order valence-corrected chi connectivity index (χ4v) is 4.98. The van der Waals surface area contributed by atoms with Crippen LogP contribution in [0.3, 0.4) is 0 Å². The quantitative estimate of drug-likeness (QED) is 0.428. The molecule has 1 saturated heterocycles. The van der Waals surface area contributed by atoms with Crippen LogP contribution in [0, 0.1) is 5.92 Å². The fraction of sp³-hybridized carbons (Fsp3) is 0.708. The second-order valence-corrected chi connectivity index (χ2v) is 17.7. The number of alkyl halides is 3. The van der Waals surface area contributed by atoms with Crippen LogP contribution in [0.15, 0.2) is 12.1 Å². The molecule has 2 aliphatic rings. The van der Waals surface area contributed by atoms with Crippen LogP contribution >= 0.6 is 0 Å². The van der Waals surface area contributed by atoms with Gasteiger partial charge in [0.15, 0.2) is 5.60 Å². The molecule has 0 radical (unpaired) electrons. The number of benzene rings is 1. The molecule has 1 aromatic carbocycles. The van der Waals surface area contributed by atoms with Gasteiger partial charge in [-0.3, -0.25) is 9.69 Å². The van der Waals surface area contributed by atoms with Crippen LogP contribution in [0.2, 0.25) is 25.7 Å². The van der Waals surface area contributed by atoms with Crippen molar-refractivity contribution in [2.45, 2.75) is 90.2 Å². The fourth-order valence-electron chi connectivity index (χ4n) is 4.22. The minimum Gasteiger partial charge on any atom is -0.399 e. The van der Waals surface area contributed by atoms with E-state index >= 15 is 0 Å². The molecule has 3 rings (SSSR count). The van der Waals surface area contributed by atoms with Crippen LogP contribution in [0.5, 0.6) is 0 Å². The molecule has 1 N–H and O–H groups in total. The van der Waals surface area contributed by atoms with Gasteiger partial charge in [-0.15, -0.1) is 0 Å². The number of amides is 1. The van der Waals surface area contributed by atoms with Gasteiger partial charge in [0.2, 0.25) is 0 Å². The molecule has 2 heterocycles. The Hall–Kier alpha value is -1.40. The van der Waals surface area contributed by atoms with Gasteiger partial charge in [0.1, 0.15) is 6.73 Å². The Morgan fingerprint density at radius 3 is 2.11 bits per heavy atom. The van der Waals surface area contributed by atoms with E-state index in [4.69, 9.17) is 14.0 Å². The zero-order valence-electron chi connectivity index (χ0n) is 22.1. The molecular weight excluding hydrogens is 478 g/mol. The van der Waals surface area contributed by atoms with E-state index in [1.54, 1.807) is 0 Å². The van der Waals surface area contributed by atoms with Crippen LogP contribution in [0.4, 0.5) is 18.9 Å². The van der Waals surface area contributed by atoms with Gasteiger partial charge >= 0.3 is 13.3 Å². The minimum atomic E-state index is -4.82. The largest absolute Gasteiger partial charge is 0.494 e. The van der Waals surface area contributed by atoms with E-state index in [1.165, 1.54) is 19.9 Å². The standard InChI is InChI=1S/C24H37BF3NO5Si/c1-15(2)23(31)19-17(24(26,27)28)12-16(25-33-21(3,4)22(5,6)34-25)13-18(19)29(20(23)30)14-32-10-11-35(7,8)9/h12-13,15,31H,10-11,14H2,1-9H3. The lowest BCUT2D eigenvalue weighted by Gasteiger charge is -2.32. The Bertz CT molecular complexity index is 977. The van der Waals surface area contributed by atoms with Gasteiger partial charge in [0.05, 0.1) is 22.5 Å². The van der Waals surface area contributed by atoms with E-state index < -0.39 is 61.1 Å². The number of fused-ring (bicyclic) bond motifs is 1. The Morgan fingerprint density at radius 2 is 1.66 bits per heavy atom. The molecular formula is C24H37BF3NO5Si. The van der Waals surface area contributed by atoms with Gasteiger partial charge in [0.25, 0.3) is 5.91 Å². The summed E-state index contributed by atoms with van der Waals surface area (Å²) in [5.74, 6) is -1.63. The molecule has 0 aliphatic carbocycles. The van der Waals surface area contributed by atoms with Crippen LogP contribution in [0.1, 0.15) is 52.7 Å². The number of hydrogen-bond donors (Lipinski definition) is 1. The monoisotopic (exact) mass is 515 g/mol. The summed E-state index contributed by atoms with van der Waals surface area (Å²) < 4.78 is 60.8. The smallest absolute Gasteiger partial charge is 0.399 e. The van der Waals surface area contributed by atoms with Crippen molar-refractivity contribution in [2.75, 3.05) is 18.2 Å². The first-order valence-corrected chi connectivity index (χ1v) is 15.7. The second-order valence-electron chi connectivity index (χ2n) is 12.1. The van der Waals surface area contributed by atoms with Crippen molar-refractivity contribution < 1.29 is 37.1 Å². The maximum atomic E-state index is 14.4. The highest BCUT2D eigenvalue weighted by Gasteiger charge is 2.58. The van der Waals surface area contributed by atoms with Crippen LogP contribution in [-0.2, 0) is 30.6 Å². The normalized spacial score (nSPS) is 24.0. The summed E-state index contributed by atoms with van der Waals surface area (Å²) in [6.45, 7) is 16.9. The number of halogens is 3. The predicted octanol–water partition coefficient (Wildman–Crippen LogP) is 4.51. The number of hydrogen-bond acceptors (Lipinski definition) is 5. The van der Waals surface area contributed by atoms with Gasteiger partial charge in [-0.2, -0.15) is 13.2 Å². The molecule has 1 aromatic rings. The number of carbonyl (C=O) groups excluding carboxylic acids is 1. The van der Waals surface area contributed by atoms with Crippen molar-refractivity contribution in [3.05, 3.63) is 23.3 Å². The number of ether oxygens (including phenoxy) is 1. The summed E-state index contributed by atoms with van der Waals surface area (Å²) in [7, 11) is -2.48. The van der Waals surface area contributed by atoms with Gasteiger partial charge in [0, 0.05) is 20.2 Å². The summed E-state index contributed by atoms with van der Waals surface area (Å²) in [5, 5.41) is 11.4. The zero-order valence-corrected chi connectivity index (χ0v) is 23.1.